The van der Waals surface area contributed by atoms with Gasteiger partial charge in [-0.1, -0.05) is 27.5 Å². The lowest BCUT2D eigenvalue weighted by atomic mass is 9.98. The number of hydrogen-bond acceptors (Lipinski definition) is 3. The molecule has 1 fully saturated rings. The monoisotopic (exact) mass is 347 g/mol. The largest absolute Gasteiger partial charge is 0.506 e. The van der Waals surface area contributed by atoms with Crippen molar-refractivity contribution in [2.75, 3.05) is 19.7 Å². The maximum absolute atomic E-state index is 12.4. The second kappa shape index (κ2) is 6.11. The molecule has 1 amide bonds. The van der Waals surface area contributed by atoms with Crippen LogP contribution in [0.15, 0.2) is 16.6 Å². The SMILES string of the molecule is O=C(c1cc(Br)cc(Cl)c1O)N1CCCC(CO)C1. The average molecular weight is 349 g/mol. The lowest BCUT2D eigenvalue weighted by Gasteiger charge is -2.32. The van der Waals surface area contributed by atoms with Crippen LogP contribution >= 0.6 is 27.5 Å². The molecular formula is C13H15BrClNO3. The molecule has 0 spiro atoms. The van der Waals surface area contributed by atoms with Gasteiger partial charge in [-0.25, -0.2) is 0 Å². The molecule has 0 bridgehead atoms. The first kappa shape index (κ1) is 14.6. The number of nitrogens with zero attached hydrogens (tertiary/aromatic N) is 1. The smallest absolute Gasteiger partial charge is 0.257 e. The number of phenols is 1. The number of piperidine rings is 1. The number of halogens is 2. The Morgan fingerprint density at radius 2 is 2.26 bits per heavy atom. The molecule has 6 heteroatoms. The van der Waals surface area contributed by atoms with Gasteiger partial charge in [0.1, 0.15) is 5.75 Å². The Bertz CT molecular complexity index is 495. The zero-order chi connectivity index (χ0) is 14.0. The molecule has 0 radical (unpaired) electrons. The van der Waals surface area contributed by atoms with Crippen molar-refractivity contribution >= 4 is 33.4 Å². The molecule has 2 N–H and O–H groups in total. The van der Waals surface area contributed by atoms with E-state index < -0.39 is 0 Å². The number of rotatable bonds is 2. The van der Waals surface area contributed by atoms with Gasteiger partial charge in [-0.2, -0.15) is 0 Å². The van der Waals surface area contributed by atoms with E-state index >= 15 is 0 Å². The van der Waals surface area contributed by atoms with Gasteiger partial charge in [0.05, 0.1) is 10.6 Å². The highest BCUT2D eigenvalue weighted by Gasteiger charge is 2.26. The molecule has 104 valence electrons. The molecule has 1 atom stereocenters. The van der Waals surface area contributed by atoms with Gasteiger partial charge in [0.2, 0.25) is 0 Å². The minimum absolute atomic E-state index is 0.0784. The first-order valence-corrected chi connectivity index (χ1v) is 7.28. The van der Waals surface area contributed by atoms with E-state index in [0.29, 0.717) is 17.6 Å². The van der Waals surface area contributed by atoms with Crippen LogP contribution in [0, 0.1) is 5.92 Å². The molecule has 1 heterocycles. The predicted octanol–water partition coefficient (Wildman–Crippen LogP) is 2.65. The summed E-state index contributed by atoms with van der Waals surface area (Å²) in [7, 11) is 0. The van der Waals surface area contributed by atoms with E-state index in [0.717, 1.165) is 12.8 Å². The van der Waals surface area contributed by atoms with E-state index in [1.54, 1.807) is 17.0 Å². The molecule has 0 saturated carbocycles. The second-order valence-corrected chi connectivity index (χ2v) is 6.05. The van der Waals surface area contributed by atoms with Crippen molar-refractivity contribution in [3.05, 3.63) is 27.2 Å². The molecule has 1 unspecified atom stereocenters. The Balaban J connectivity index is 2.24. The van der Waals surface area contributed by atoms with Crippen molar-refractivity contribution in [3.8, 4) is 5.75 Å². The lowest BCUT2D eigenvalue weighted by molar-refractivity contribution is 0.0618. The Morgan fingerprint density at radius 1 is 1.53 bits per heavy atom. The Hall–Kier alpha value is -0.780. The summed E-state index contributed by atoms with van der Waals surface area (Å²) in [6.45, 7) is 1.23. The van der Waals surface area contributed by atoms with E-state index in [9.17, 15) is 15.0 Å². The fourth-order valence-corrected chi connectivity index (χ4v) is 3.11. The molecular weight excluding hydrogens is 334 g/mol. The minimum Gasteiger partial charge on any atom is -0.506 e. The summed E-state index contributed by atoms with van der Waals surface area (Å²) in [5.74, 6) is -0.331. The molecule has 19 heavy (non-hydrogen) atoms. The third-order valence-electron chi connectivity index (χ3n) is 3.32. The minimum atomic E-state index is -0.251. The van der Waals surface area contributed by atoms with E-state index in [1.165, 1.54) is 0 Å². The van der Waals surface area contributed by atoms with Gasteiger partial charge in [0.25, 0.3) is 5.91 Å². The van der Waals surface area contributed by atoms with Crippen LogP contribution < -0.4 is 0 Å². The highest BCUT2D eigenvalue weighted by molar-refractivity contribution is 9.10. The molecule has 1 aliphatic heterocycles. The van der Waals surface area contributed by atoms with E-state index in [1.807, 2.05) is 0 Å². The molecule has 1 aromatic rings. The van der Waals surface area contributed by atoms with Gasteiger partial charge >= 0.3 is 0 Å². The van der Waals surface area contributed by atoms with Crippen LogP contribution in [0.4, 0.5) is 0 Å². The first-order chi connectivity index (χ1) is 9.02. The summed E-state index contributed by atoms with van der Waals surface area (Å²) in [5.41, 5.74) is 0.193. The molecule has 1 aliphatic rings. The van der Waals surface area contributed by atoms with E-state index in [-0.39, 0.29) is 34.8 Å². The van der Waals surface area contributed by atoms with Crippen molar-refractivity contribution in [2.45, 2.75) is 12.8 Å². The van der Waals surface area contributed by atoms with Crippen molar-refractivity contribution < 1.29 is 15.0 Å². The normalized spacial score (nSPS) is 19.5. The number of aromatic hydroxyl groups is 1. The summed E-state index contributed by atoms with van der Waals surface area (Å²) in [5, 5.41) is 19.2. The van der Waals surface area contributed by atoms with Crippen molar-refractivity contribution in [3.63, 3.8) is 0 Å². The average Bonchev–Trinajstić information content (AvgIpc) is 2.42. The number of amides is 1. The number of benzene rings is 1. The Kier molecular flexibility index (Phi) is 4.71. The van der Waals surface area contributed by atoms with Crippen LogP contribution in [0.25, 0.3) is 0 Å². The number of aliphatic hydroxyl groups is 1. The zero-order valence-corrected chi connectivity index (χ0v) is 12.6. The highest BCUT2D eigenvalue weighted by atomic mass is 79.9. The number of phenolic OH excluding ortho intramolecular Hbond substituents is 1. The van der Waals surface area contributed by atoms with Gasteiger partial charge in [-0.3, -0.25) is 4.79 Å². The second-order valence-electron chi connectivity index (χ2n) is 4.73. The van der Waals surface area contributed by atoms with Crippen LogP contribution in [-0.4, -0.2) is 40.7 Å². The summed E-state index contributed by atoms with van der Waals surface area (Å²) in [6, 6.07) is 3.10. The van der Waals surface area contributed by atoms with Gasteiger partial charge < -0.3 is 15.1 Å². The number of carbonyl (C=O) groups excluding carboxylic acids is 1. The molecule has 0 aromatic heterocycles. The fourth-order valence-electron chi connectivity index (χ4n) is 2.30. The number of hydrogen-bond donors (Lipinski definition) is 2. The quantitative estimate of drug-likeness (QED) is 0.864. The van der Waals surface area contributed by atoms with Crippen molar-refractivity contribution in [1.82, 2.24) is 4.90 Å². The van der Waals surface area contributed by atoms with Gasteiger partial charge in [-0.05, 0) is 30.9 Å². The van der Waals surface area contributed by atoms with Crippen LogP contribution in [0.2, 0.25) is 5.02 Å². The first-order valence-electron chi connectivity index (χ1n) is 6.11. The van der Waals surface area contributed by atoms with Gasteiger partial charge in [0.15, 0.2) is 0 Å². The van der Waals surface area contributed by atoms with Crippen LogP contribution in [0.5, 0.6) is 5.75 Å². The number of carbonyl (C=O) groups is 1. The predicted molar refractivity (Wildman–Crippen MR) is 76.5 cm³/mol. The summed E-state index contributed by atoms with van der Waals surface area (Å²) >= 11 is 9.13. The fraction of sp³-hybridized carbons (Fsp3) is 0.462. The van der Waals surface area contributed by atoms with Gasteiger partial charge in [0, 0.05) is 24.2 Å². The topological polar surface area (TPSA) is 60.8 Å². The summed E-state index contributed by atoms with van der Waals surface area (Å²) < 4.78 is 0.648. The summed E-state index contributed by atoms with van der Waals surface area (Å²) in [4.78, 5) is 14.0. The Morgan fingerprint density at radius 3 is 2.95 bits per heavy atom. The third-order valence-corrected chi connectivity index (χ3v) is 4.07. The third kappa shape index (κ3) is 3.22. The standard InChI is InChI=1S/C13H15BrClNO3/c14-9-4-10(12(18)11(15)5-9)13(19)16-3-1-2-8(6-16)7-17/h4-5,8,17-18H,1-3,6-7H2. The lowest BCUT2D eigenvalue weighted by Crippen LogP contribution is -2.41. The zero-order valence-electron chi connectivity index (χ0n) is 10.3. The van der Waals surface area contributed by atoms with Gasteiger partial charge in [-0.15, -0.1) is 0 Å². The number of aliphatic hydroxyl groups excluding tert-OH is 1. The number of likely N-dealkylation sites (tertiary alicyclic amines) is 1. The van der Waals surface area contributed by atoms with Crippen LogP contribution in [-0.2, 0) is 0 Å². The molecule has 1 saturated heterocycles. The molecule has 0 aliphatic carbocycles. The highest BCUT2D eigenvalue weighted by Crippen LogP contribution is 2.32. The van der Waals surface area contributed by atoms with Crippen LogP contribution in [0.3, 0.4) is 0 Å². The van der Waals surface area contributed by atoms with Crippen LogP contribution in [0.1, 0.15) is 23.2 Å². The summed E-state index contributed by atoms with van der Waals surface area (Å²) in [6.07, 6.45) is 1.78. The molecule has 1 aromatic carbocycles. The maximum Gasteiger partial charge on any atom is 0.257 e. The molecule has 2 rings (SSSR count). The maximum atomic E-state index is 12.4. The Labute approximate surface area is 125 Å². The van der Waals surface area contributed by atoms with Crippen molar-refractivity contribution in [1.29, 1.82) is 0 Å². The van der Waals surface area contributed by atoms with E-state index in [2.05, 4.69) is 15.9 Å². The van der Waals surface area contributed by atoms with E-state index in [4.69, 9.17) is 11.6 Å². The van der Waals surface area contributed by atoms with Crippen molar-refractivity contribution in [2.24, 2.45) is 5.92 Å². The molecule has 4 nitrogen and oxygen atoms in total.